The molecule has 0 aliphatic heterocycles. The quantitative estimate of drug-likeness (QED) is 0.730. The van der Waals surface area contributed by atoms with E-state index in [1.807, 2.05) is 74.0 Å². The van der Waals surface area contributed by atoms with Gasteiger partial charge in [0.25, 0.3) is 5.91 Å². The first-order valence-corrected chi connectivity index (χ1v) is 9.18. The van der Waals surface area contributed by atoms with Crippen molar-refractivity contribution < 1.29 is 4.79 Å². The molecular formula is C22H26N4O. The van der Waals surface area contributed by atoms with Crippen LogP contribution < -0.4 is 5.32 Å². The molecule has 0 atom stereocenters. The zero-order chi connectivity index (χ0) is 19.6. The second-order valence-electron chi connectivity index (χ2n) is 7.95. The minimum Gasteiger partial charge on any atom is -0.347 e. The molecule has 5 nitrogen and oxygen atoms in total. The normalized spacial score (nSPS) is 11.6. The van der Waals surface area contributed by atoms with E-state index in [1.165, 1.54) is 0 Å². The summed E-state index contributed by atoms with van der Waals surface area (Å²) in [7, 11) is 0. The van der Waals surface area contributed by atoms with Crippen molar-refractivity contribution in [3.63, 3.8) is 0 Å². The fraction of sp³-hybridized carbons (Fsp3) is 0.318. The fourth-order valence-electron chi connectivity index (χ4n) is 2.89. The lowest BCUT2D eigenvalue weighted by Gasteiger charge is -2.21. The van der Waals surface area contributed by atoms with Gasteiger partial charge in [-0.15, -0.1) is 0 Å². The molecule has 3 rings (SSSR count). The molecule has 5 heteroatoms. The summed E-state index contributed by atoms with van der Waals surface area (Å²) in [5.74, 6) is -0.112. The second-order valence-corrected chi connectivity index (χ2v) is 7.95. The summed E-state index contributed by atoms with van der Waals surface area (Å²) in [6, 6.07) is 15.7. The smallest absolute Gasteiger partial charge is 0.251 e. The van der Waals surface area contributed by atoms with Crippen molar-refractivity contribution >= 4 is 5.91 Å². The molecule has 0 radical (unpaired) electrons. The van der Waals surface area contributed by atoms with Gasteiger partial charge in [0.15, 0.2) is 0 Å². The van der Waals surface area contributed by atoms with Crippen LogP contribution in [0.2, 0.25) is 0 Å². The number of nitrogens with zero attached hydrogens (tertiary/aromatic N) is 3. The van der Waals surface area contributed by atoms with Gasteiger partial charge in [-0.3, -0.25) is 9.48 Å². The lowest BCUT2D eigenvalue weighted by Crippen LogP contribution is -2.40. The zero-order valence-electron chi connectivity index (χ0n) is 16.5. The first-order valence-electron chi connectivity index (χ1n) is 9.18. The molecule has 0 aliphatic rings. The molecule has 0 bridgehead atoms. The number of pyridine rings is 1. The van der Waals surface area contributed by atoms with E-state index in [4.69, 9.17) is 4.98 Å². The number of carbonyl (C=O) groups excluding carboxylic acids is 1. The largest absolute Gasteiger partial charge is 0.347 e. The topological polar surface area (TPSA) is 59.8 Å². The highest BCUT2D eigenvalue weighted by Crippen LogP contribution is 2.26. The minimum atomic E-state index is -0.312. The lowest BCUT2D eigenvalue weighted by atomic mass is 10.0. The molecule has 0 aliphatic carbocycles. The summed E-state index contributed by atoms with van der Waals surface area (Å²) in [5.41, 5.74) is 3.65. The average molecular weight is 362 g/mol. The Morgan fingerprint density at radius 3 is 2.33 bits per heavy atom. The Morgan fingerprint density at radius 1 is 1.04 bits per heavy atom. The van der Waals surface area contributed by atoms with Crippen LogP contribution in [0.3, 0.4) is 0 Å². The van der Waals surface area contributed by atoms with Gasteiger partial charge in [0, 0.05) is 28.9 Å². The summed E-state index contributed by atoms with van der Waals surface area (Å²) < 4.78 is 1.92. The molecule has 0 saturated carbocycles. The number of rotatable bonds is 4. The minimum absolute atomic E-state index is 0.112. The molecule has 140 valence electrons. The molecule has 3 aromatic rings. The molecule has 0 saturated heterocycles. The highest BCUT2D eigenvalue weighted by atomic mass is 16.1. The van der Waals surface area contributed by atoms with Crippen LogP contribution in [0.4, 0.5) is 0 Å². The molecular weight excluding hydrogens is 336 g/mol. The summed E-state index contributed by atoms with van der Waals surface area (Å²) in [4.78, 5) is 17.7. The molecule has 0 spiro atoms. The Balaban J connectivity index is 2.14. The standard InChI is InChI=1S/C22H26N4O/c1-15(2)26-20(11-12-23-26)19-14-17(21(27)25-22(3,4)5)13-18(24-19)16-9-7-6-8-10-16/h6-15H,1-5H3,(H,25,27). The van der Waals surface area contributed by atoms with E-state index < -0.39 is 0 Å². The van der Waals surface area contributed by atoms with E-state index in [0.29, 0.717) is 5.56 Å². The van der Waals surface area contributed by atoms with E-state index >= 15 is 0 Å². The van der Waals surface area contributed by atoms with E-state index in [0.717, 1.165) is 22.6 Å². The molecule has 2 aromatic heterocycles. The highest BCUT2D eigenvalue weighted by molar-refractivity contribution is 5.96. The van der Waals surface area contributed by atoms with E-state index in [-0.39, 0.29) is 17.5 Å². The summed E-state index contributed by atoms with van der Waals surface area (Å²) in [6.45, 7) is 10.1. The maximum Gasteiger partial charge on any atom is 0.251 e. The second kappa shape index (κ2) is 7.35. The van der Waals surface area contributed by atoms with E-state index in [1.54, 1.807) is 6.20 Å². The van der Waals surface area contributed by atoms with Crippen molar-refractivity contribution in [2.45, 2.75) is 46.2 Å². The Kier molecular flexibility index (Phi) is 5.13. The first kappa shape index (κ1) is 18.8. The monoisotopic (exact) mass is 362 g/mol. The van der Waals surface area contributed by atoms with Crippen molar-refractivity contribution in [2.24, 2.45) is 0 Å². The van der Waals surface area contributed by atoms with Crippen molar-refractivity contribution in [2.75, 3.05) is 0 Å². The van der Waals surface area contributed by atoms with Crippen LogP contribution in [0.25, 0.3) is 22.6 Å². The predicted molar refractivity (Wildman–Crippen MR) is 108 cm³/mol. The highest BCUT2D eigenvalue weighted by Gasteiger charge is 2.19. The van der Waals surface area contributed by atoms with Gasteiger partial charge in [-0.1, -0.05) is 30.3 Å². The molecule has 27 heavy (non-hydrogen) atoms. The number of nitrogens with one attached hydrogen (secondary N) is 1. The van der Waals surface area contributed by atoms with E-state index in [2.05, 4.69) is 24.3 Å². The van der Waals surface area contributed by atoms with Gasteiger partial charge < -0.3 is 5.32 Å². The molecule has 0 fully saturated rings. The van der Waals surface area contributed by atoms with Crippen LogP contribution in [0, 0.1) is 0 Å². The number of hydrogen-bond donors (Lipinski definition) is 1. The van der Waals surface area contributed by atoms with Gasteiger partial charge in [-0.25, -0.2) is 4.98 Å². The van der Waals surface area contributed by atoms with Crippen LogP contribution in [0.1, 0.15) is 51.0 Å². The fourth-order valence-corrected chi connectivity index (χ4v) is 2.89. The van der Waals surface area contributed by atoms with Crippen molar-refractivity contribution in [3.05, 3.63) is 60.3 Å². The maximum absolute atomic E-state index is 12.8. The van der Waals surface area contributed by atoms with Crippen LogP contribution >= 0.6 is 0 Å². The van der Waals surface area contributed by atoms with Gasteiger partial charge in [-0.05, 0) is 52.8 Å². The van der Waals surface area contributed by atoms with Crippen molar-refractivity contribution in [1.82, 2.24) is 20.1 Å². The third-order valence-corrected chi connectivity index (χ3v) is 4.07. The number of aromatic nitrogens is 3. The Hall–Kier alpha value is -2.95. The number of hydrogen-bond acceptors (Lipinski definition) is 3. The Labute approximate surface area is 160 Å². The Bertz CT molecular complexity index is 936. The summed E-state index contributed by atoms with van der Waals surface area (Å²) >= 11 is 0. The van der Waals surface area contributed by atoms with Crippen LogP contribution in [-0.2, 0) is 0 Å². The predicted octanol–water partition coefficient (Wildman–Crippen LogP) is 4.72. The number of benzene rings is 1. The van der Waals surface area contributed by atoms with Crippen LogP contribution in [0.15, 0.2) is 54.7 Å². The maximum atomic E-state index is 12.8. The molecule has 1 aromatic carbocycles. The third kappa shape index (κ3) is 4.42. The lowest BCUT2D eigenvalue weighted by molar-refractivity contribution is 0.0919. The van der Waals surface area contributed by atoms with Gasteiger partial charge in [0.2, 0.25) is 0 Å². The summed E-state index contributed by atoms with van der Waals surface area (Å²) in [5, 5.41) is 7.44. The van der Waals surface area contributed by atoms with Gasteiger partial charge in [0.05, 0.1) is 17.1 Å². The number of amides is 1. The number of carbonyl (C=O) groups is 1. The van der Waals surface area contributed by atoms with Crippen LogP contribution in [-0.4, -0.2) is 26.2 Å². The zero-order valence-corrected chi connectivity index (χ0v) is 16.5. The third-order valence-electron chi connectivity index (χ3n) is 4.07. The average Bonchev–Trinajstić information content (AvgIpc) is 3.11. The van der Waals surface area contributed by atoms with Crippen molar-refractivity contribution in [1.29, 1.82) is 0 Å². The van der Waals surface area contributed by atoms with Gasteiger partial charge >= 0.3 is 0 Å². The molecule has 0 unspecified atom stereocenters. The molecule has 1 amide bonds. The van der Waals surface area contributed by atoms with Gasteiger partial charge in [-0.2, -0.15) is 5.10 Å². The SMILES string of the molecule is CC(C)n1nccc1-c1cc(C(=O)NC(C)(C)C)cc(-c2ccccc2)n1. The first-order chi connectivity index (χ1) is 12.7. The molecule has 2 heterocycles. The summed E-state index contributed by atoms with van der Waals surface area (Å²) in [6.07, 6.45) is 1.76. The van der Waals surface area contributed by atoms with Crippen LogP contribution in [0.5, 0.6) is 0 Å². The molecule has 1 N–H and O–H groups in total. The van der Waals surface area contributed by atoms with Gasteiger partial charge in [0.1, 0.15) is 0 Å². The van der Waals surface area contributed by atoms with E-state index in [9.17, 15) is 4.79 Å². The Morgan fingerprint density at radius 2 is 1.70 bits per heavy atom. The van der Waals surface area contributed by atoms with Crippen molar-refractivity contribution in [3.8, 4) is 22.6 Å².